The summed E-state index contributed by atoms with van der Waals surface area (Å²) < 4.78 is 30.6. The summed E-state index contributed by atoms with van der Waals surface area (Å²) >= 11 is 0. The molecule has 2 aromatic rings. The number of fused-ring (bicyclic) bond motifs is 1. The molecule has 0 saturated carbocycles. The van der Waals surface area contributed by atoms with Crippen LogP contribution < -0.4 is 10.8 Å². The molecule has 5 N–H and O–H groups in total. The van der Waals surface area contributed by atoms with Gasteiger partial charge in [-0.2, -0.15) is 10.4 Å². The molecule has 1 fully saturated rings. The average Bonchev–Trinajstić information content (AvgIpc) is 3.29. The first kappa shape index (κ1) is 26.1. The van der Waals surface area contributed by atoms with Gasteiger partial charge >= 0.3 is 5.97 Å². The Bertz CT molecular complexity index is 1130. The van der Waals surface area contributed by atoms with Crippen LogP contribution in [0.2, 0.25) is 0 Å². The SMILES string of the molecule is CC(C)OC(=O)[C@H](C)N[P@](C)(=O)OCC[C@@]1(C#N)O[C@@H](c2ccc3c(N)ccnn23)[C@H](O)[C@@H]1O. The van der Waals surface area contributed by atoms with Gasteiger partial charge in [0.15, 0.2) is 5.60 Å². The predicted octanol–water partition coefficient (Wildman–Crippen LogP) is 1.13. The van der Waals surface area contributed by atoms with Crippen LogP contribution in [0.3, 0.4) is 0 Å². The minimum atomic E-state index is -3.47. The number of aliphatic hydroxyl groups excluding tert-OH is 2. The van der Waals surface area contributed by atoms with E-state index in [4.69, 9.17) is 19.7 Å². The van der Waals surface area contributed by atoms with Crippen LogP contribution in [0.15, 0.2) is 24.4 Å². The zero-order valence-electron chi connectivity index (χ0n) is 19.4. The molecule has 1 aliphatic heterocycles. The molecule has 0 bridgehead atoms. The lowest BCUT2D eigenvalue weighted by atomic mass is 9.92. The number of nitrogen functional groups attached to an aromatic ring is 1. The van der Waals surface area contributed by atoms with Crippen molar-refractivity contribution in [2.45, 2.75) is 63.3 Å². The van der Waals surface area contributed by atoms with Crippen molar-refractivity contribution in [3.63, 3.8) is 0 Å². The molecule has 186 valence electrons. The van der Waals surface area contributed by atoms with Crippen molar-refractivity contribution in [2.24, 2.45) is 0 Å². The number of nitrogens with two attached hydrogens (primary N) is 1. The molecule has 0 unspecified atom stereocenters. The van der Waals surface area contributed by atoms with Crippen molar-refractivity contribution >= 4 is 24.7 Å². The lowest BCUT2D eigenvalue weighted by Crippen LogP contribution is -2.43. The number of nitriles is 1. The first-order valence-corrected chi connectivity index (χ1v) is 12.9. The van der Waals surface area contributed by atoms with Gasteiger partial charge in [0.05, 0.1) is 29.6 Å². The largest absolute Gasteiger partial charge is 0.462 e. The number of nitrogens with zero attached hydrogens (tertiary/aromatic N) is 3. The van der Waals surface area contributed by atoms with E-state index < -0.39 is 43.4 Å². The number of hydrogen-bond acceptors (Lipinski definition) is 10. The topological polar surface area (TPSA) is 181 Å². The molecule has 2 aromatic heterocycles. The molecule has 3 heterocycles. The maximum atomic E-state index is 12.8. The van der Waals surface area contributed by atoms with Crippen molar-refractivity contribution < 1.29 is 33.6 Å². The summed E-state index contributed by atoms with van der Waals surface area (Å²) in [6.45, 7) is 5.93. The third-order valence-electron chi connectivity index (χ3n) is 5.49. The zero-order chi connectivity index (χ0) is 25.3. The normalized spacial score (nSPS) is 27.4. The van der Waals surface area contributed by atoms with Gasteiger partial charge < -0.3 is 29.9 Å². The lowest BCUT2D eigenvalue weighted by molar-refractivity contribution is -0.149. The van der Waals surface area contributed by atoms with Crippen LogP contribution in [0.25, 0.3) is 5.52 Å². The Morgan fingerprint density at radius 3 is 2.76 bits per heavy atom. The van der Waals surface area contributed by atoms with Gasteiger partial charge in [0.25, 0.3) is 7.52 Å². The standard InChI is InChI=1S/C21H30N5O7P/c1-12(2)32-20(29)13(3)25-34(4,30)31-10-8-21(11-22)19(28)17(27)18(33-21)16-6-5-15-14(23)7-9-24-26(15)16/h5-7,9,12-13,17-19,27-28H,8,10,23H2,1-4H3,(H,25,30)/t13-,17-,18-,19-,21-,34+/m0/s1. The maximum Gasteiger partial charge on any atom is 0.323 e. The summed E-state index contributed by atoms with van der Waals surface area (Å²) in [5.41, 5.74) is 5.59. The first-order chi connectivity index (χ1) is 15.9. The Morgan fingerprint density at radius 1 is 1.41 bits per heavy atom. The van der Waals surface area contributed by atoms with E-state index in [1.54, 1.807) is 32.0 Å². The quantitative estimate of drug-likeness (QED) is 0.289. The smallest absolute Gasteiger partial charge is 0.323 e. The Hall–Kier alpha value is -2.52. The third-order valence-corrected chi connectivity index (χ3v) is 7.02. The van der Waals surface area contributed by atoms with Crippen molar-refractivity contribution in [1.29, 1.82) is 5.26 Å². The monoisotopic (exact) mass is 495 g/mol. The average molecular weight is 495 g/mol. The molecule has 12 nitrogen and oxygen atoms in total. The first-order valence-electron chi connectivity index (χ1n) is 10.8. The molecule has 0 aliphatic carbocycles. The van der Waals surface area contributed by atoms with E-state index in [-0.39, 0.29) is 19.1 Å². The molecule has 1 aliphatic rings. The fourth-order valence-electron chi connectivity index (χ4n) is 3.82. The van der Waals surface area contributed by atoms with Crippen molar-refractivity contribution in [3.05, 3.63) is 30.1 Å². The summed E-state index contributed by atoms with van der Waals surface area (Å²) in [6.07, 6.45) is -3.10. The molecule has 3 rings (SSSR count). The van der Waals surface area contributed by atoms with E-state index in [0.717, 1.165) is 0 Å². The number of hydrogen-bond donors (Lipinski definition) is 4. The van der Waals surface area contributed by atoms with E-state index in [1.165, 1.54) is 24.3 Å². The predicted molar refractivity (Wildman–Crippen MR) is 122 cm³/mol. The molecule has 1 saturated heterocycles. The van der Waals surface area contributed by atoms with Gasteiger partial charge in [-0.3, -0.25) is 9.36 Å². The van der Waals surface area contributed by atoms with Crippen LogP contribution >= 0.6 is 7.52 Å². The van der Waals surface area contributed by atoms with Gasteiger partial charge in [-0.05, 0) is 39.0 Å². The maximum absolute atomic E-state index is 12.8. The third kappa shape index (κ3) is 5.25. The Balaban J connectivity index is 1.69. The molecule has 0 amide bonds. The highest BCUT2D eigenvalue weighted by Crippen LogP contribution is 2.44. The molecule has 13 heteroatoms. The van der Waals surface area contributed by atoms with E-state index in [9.17, 15) is 24.8 Å². The van der Waals surface area contributed by atoms with Crippen LogP contribution in [0.1, 0.15) is 39.0 Å². The minimum absolute atomic E-state index is 0.193. The molecule has 0 aromatic carbocycles. The van der Waals surface area contributed by atoms with Gasteiger partial charge in [0, 0.05) is 19.3 Å². The highest BCUT2D eigenvalue weighted by atomic mass is 31.2. The number of aromatic nitrogens is 2. The fraction of sp³-hybridized carbons (Fsp3) is 0.571. The molecule has 0 radical (unpaired) electrons. The number of nitrogens with one attached hydrogen (secondary N) is 1. The number of aliphatic hydroxyl groups is 2. The van der Waals surface area contributed by atoms with Gasteiger partial charge in [-0.15, -0.1) is 0 Å². The summed E-state index contributed by atoms with van der Waals surface area (Å²) in [6, 6.07) is 6.00. The second-order valence-electron chi connectivity index (χ2n) is 8.58. The second-order valence-corrected chi connectivity index (χ2v) is 10.8. The van der Waals surface area contributed by atoms with Crippen molar-refractivity contribution in [1.82, 2.24) is 14.7 Å². The van der Waals surface area contributed by atoms with E-state index in [0.29, 0.717) is 16.9 Å². The summed E-state index contributed by atoms with van der Waals surface area (Å²) in [7, 11) is -3.47. The number of rotatable bonds is 9. The Morgan fingerprint density at radius 2 is 2.12 bits per heavy atom. The summed E-state index contributed by atoms with van der Waals surface area (Å²) in [4.78, 5) is 12.0. The highest BCUT2D eigenvalue weighted by molar-refractivity contribution is 7.56. The van der Waals surface area contributed by atoms with E-state index >= 15 is 0 Å². The second kappa shape index (κ2) is 10.00. The molecule has 34 heavy (non-hydrogen) atoms. The van der Waals surface area contributed by atoms with E-state index in [2.05, 4.69) is 10.2 Å². The minimum Gasteiger partial charge on any atom is -0.462 e. The molecule has 0 spiro atoms. The number of esters is 1. The van der Waals surface area contributed by atoms with Gasteiger partial charge in [0.1, 0.15) is 30.4 Å². The van der Waals surface area contributed by atoms with Crippen molar-refractivity contribution in [2.75, 3.05) is 19.0 Å². The number of ether oxygens (including phenoxy) is 2. The van der Waals surface area contributed by atoms with Crippen LogP contribution in [-0.2, 0) is 23.4 Å². The number of anilines is 1. The number of carbonyl (C=O) groups excluding carboxylic acids is 1. The van der Waals surface area contributed by atoms with E-state index in [1.807, 2.05) is 6.07 Å². The van der Waals surface area contributed by atoms with Gasteiger partial charge in [-0.25, -0.2) is 9.60 Å². The van der Waals surface area contributed by atoms with Crippen molar-refractivity contribution in [3.8, 4) is 6.07 Å². The Kier molecular flexibility index (Phi) is 7.67. The molecular weight excluding hydrogens is 465 g/mol. The van der Waals surface area contributed by atoms with Crippen LogP contribution in [0.4, 0.5) is 5.69 Å². The highest BCUT2D eigenvalue weighted by Gasteiger charge is 2.55. The molecule has 6 atom stereocenters. The zero-order valence-corrected chi connectivity index (χ0v) is 20.3. The summed E-state index contributed by atoms with van der Waals surface area (Å²) in [5.74, 6) is -0.580. The van der Waals surface area contributed by atoms with Gasteiger partial charge in [0.2, 0.25) is 0 Å². The molecular formula is C21H30N5O7P. The summed E-state index contributed by atoms with van der Waals surface area (Å²) in [5, 5.41) is 38.0. The fourth-order valence-corrected chi connectivity index (χ4v) is 5.14. The van der Waals surface area contributed by atoms with Crippen LogP contribution in [0.5, 0.6) is 0 Å². The Labute approximate surface area is 197 Å². The van der Waals surface area contributed by atoms with Crippen LogP contribution in [0, 0.1) is 11.3 Å². The van der Waals surface area contributed by atoms with Gasteiger partial charge in [-0.1, -0.05) is 0 Å². The van der Waals surface area contributed by atoms with Crippen LogP contribution in [-0.4, -0.2) is 69.0 Å². The lowest BCUT2D eigenvalue weighted by Gasteiger charge is -2.26. The number of carbonyl (C=O) groups is 1.